The Hall–Kier alpha value is -1.06. The summed E-state index contributed by atoms with van der Waals surface area (Å²) in [5, 5.41) is 10.3. The van der Waals surface area contributed by atoms with Gasteiger partial charge in [0.2, 0.25) is 0 Å². The molecule has 3 nitrogen and oxygen atoms in total. The van der Waals surface area contributed by atoms with Gasteiger partial charge in [-0.2, -0.15) is 0 Å². The summed E-state index contributed by atoms with van der Waals surface area (Å²) in [4.78, 5) is 0. The van der Waals surface area contributed by atoms with Gasteiger partial charge >= 0.3 is 0 Å². The third kappa shape index (κ3) is 1.93. The second kappa shape index (κ2) is 3.75. The quantitative estimate of drug-likeness (QED) is 0.844. The van der Waals surface area contributed by atoms with Crippen LogP contribution in [0.2, 0.25) is 0 Å². The Morgan fingerprint density at radius 1 is 1.25 bits per heavy atom. The van der Waals surface area contributed by atoms with E-state index in [1.54, 1.807) is 0 Å². The number of benzene rings is 1. The standard InChI is InChI=1S/C13H16O3/c14-13(7-8-15-9-13)10-1-3-11(4-2-10)16-12-5-6-12/h1-4,12,14H,5-9H2. The van der Waals surface area contributed by atoms with Crippen molar-refractivity contribution >= 4 is 0 Å². The van der Waals surface area contributed by atoms with Gasteiger partial charge in [-0.05, 0) is 30.5 Å². The molecule has 86 valence electrons. The highest BCUT2D eigenvalue weighted by atomic mass is 16.5. The highest BCUT2D eigenvalue weighted by molar-refractivity contribution is 5.31. The van der Waals surface area contributed by atoms with E-state index in [0.717, 1.165) is 11.3 Å². The summed E-state index contributed by atoms with van der Waals surface area (Å²) in [5.74, 6) is 0.897. The highest BCUT2D eigenvalue weighted by Crippen LogP contribution is 2.32. The summed E-state index contributed by atoms with van der Waals surface area (Å²) < 4.78 is 10.9. The van der Waals surface area contributed by atoms with Crippen molar-refractivity contribution < 1.29 is 14.6 Å². The Bertz CT molecular complexity index is 361. The number of hydrogen-bond acceptors (Lipinski definition) is 3. The summed E-state index contributed by atoms with van der Waals surface area (Å²) in [7, 11) is 0. The van der Waals surface area contributed by atoms with Crippen LogP contribution in [-0.4, -0.2) is 24.4 Å². The molecule has 1 heterocycles. The number of rotatable bonds is 3. The molecular weight excluding hydrogens is 204 g/mol. The first-order valence-electron chi connectivity index (χ1n) is 5.84. The molecule has 3 heteroatoms. The van der Waals surface area contributed by atoms with Crippen molar-refractivity contribution in [1.82, 2.24) is 0 Å². The van der Waals surface area contributed by atoms with Gasteiger partial charge in [-0.3, -0.25) is 0 Å². The van der Waals surface area contributed by atoms with E-state index in [2.05, 4.69) is 0 Å². The molecule has 0 bridgehead atoms. The summed E-state index contributed by atoms with van der Waals surface area (Å²) in [6.45, 7) is 1.03. The van der Waals surface area contributed by atoms with E-state index in [0.29, 0.717) is 25.7 Å². The van der Waals surface area contributed by atoms with E-state index >= 15 is 0 Å². The molecule has 0 aromatic heterocycles. The molecular formula is C13H16O3. The number of ether oxygens (including phenoxy) is 2. The van der Waals surface area contributed by atoms with Crippen LogP contribution in [0, 0.1) is 0 Å². The molecule has 2 fully saturated rings. The van der Waals surface area contributed by atoms with Crippen molar-refractivity contribution in [3.05, 3.63) is 29.8 Å². The first-order valence-corrected chi connectivity index (χ1v) is 5.84. The molecule has 2 aliphatic rings. The normalized spacial score (nSPS) is 29.3. The van der Waals surface area contributed by atoms with Crippen molar-refractivity contribution in [2.45, 2.75) is 31.0 Å². The molecule has 1 saturated carbocycles. The van der Waals surface area contributed by atoms with Gasteiger partial charge in [-0.25, -0.2) is 0 Å². The van der Waals surface area contributed by atoms with Gasteiger partial charge in [0.15, 0.2) is 0 Å². The van der Waals surface area contributed by atoms with E-state index in [9.17, 15) is 5.11 Å². The summed E-state index contributed by atoms with van der Waals surface area (Å²) >= 11 is 0. The van der Waals surface area contributed by atoms with Crippen LogP contribution in [0.25, 0.3) is 0 Å². The Balaban J connectivity index is 1.75. The van der Waals surface area contributed by atoms with Crippen LogP contribution in [0.1, 0.15) is 24.8 Å². The predicted molar refractivity (Wildman–Crippen MR) is 59.4 cm³/mol. The first-order chi connectivity index (χ1) is 7.76. The molecule has 0 spiro atoms. The average Bonchev–Trinajstić information content (AvgIpc) is 3.00. The fourth-order valence-corrected chi connectivity index (χ4v) is 2.00. The second-order valence-corrected chi connectivity index (χ2v) is 4.68. The number of aliphatic hydroxyl groups is 1. The minimum absolute atomic E-state index is 0.399. The Morgan fingerprint density at radius 3 is 2.56 bits per heavy atom. The largest absolute Gasteiger partial charge is 0.490 e. The molecule has 1 N–H and O–H groups in total. The fourth-order valence-electron chi connectivity index (χ4n) is 2.00. The Labute approximate surface area is 95.0 Å². The minimum atomic E-state index is -0.794. The Morgan fingerprint density at radius 2 is 2.00 bits per heavy atom. The lowest BCUT2D eigenvalue weighted by molar-refractivity contribution is 0.0231. The lowest BCUT2D eigenvalue weighted by Gasteiger charge is -2.21. The third-order valence-electron chi connectivity index (χ3n) is 3.22. The van der Waals surface area contributed by atoms with Gasteiger partial charge in [0.25, 0.3) is 0 Å². The van der Waals surface area contributed by atoms with Crippen LogP contribution in [0.15, 0.2) is 24.3 Å². The molecule has 0 amide bonds. The zero-order chi connectivity index (χ0) is 11.0. The van der Waals surface area contributed by atoms with Crippen LogP contribution in [0.5, 0.6) is 5.75 Å². The zero-order valence-electron chi connectivity index (χ0n) is 9.19. The summed E-state index contributed by atoms with van der Waals surface area (Å²) in [5.41, 5.74) is 0.131. The van der Waals surface area contributed by atoms with Crippen LogP contribution >= 0.6 is 0 Å². The monoisotopic (exact) mass is 220 g/mol. The topological polar surface area (TPSA) is 38.7 Å². The van der Waals surface area contributed by atoms with Crippen molar-refractivity contribution in [2.75, 3.05) is 13.2 Å². The lowest BCUT2D eigenvalue weighted by Crippen LogP contribution is -2.25. The molecule has 1 aromatic rings. The minimum Gasteiger partial charge on any atom is -0.490 e. The molecule has 0 radical (unpaired) electrons. The highest BCUT2D eigenvalue weighted by Gasteiger charge is 2.34. The summed E-state index contributed by atoms with van der Waals surface area (Å²) in [6, 6.07) is 7.74. The SMILES string of the molecule is OC1(c2ccc(OC3CC3)cc2)CCOC1. The smallest absolute Gasteiger partial charge is 0.119 e. The molecule has 3 rings (SSSR count). The molecule has 1 aromatic carbocycles. The fraction of sp³-hybridized carbons (Fsp3) is 0.538. The van der Waals surface area contributed by atoms with E-state index < -0.39 is 5.60 Å². The number of hydrogen-bond donors (Lipinski definition) is 1. The predicted octanol–water partition coefficient (Wildman–Crippen LogP) is 1.84. The van der Waals surface area contributed by atoms with E-state index in [1.165, 1.54) is 12.8 Å². The molecule has 1 unspecified atom stereocenters. The van der Waals surface area contributed by atoms with E-state index in [-0.39, 0.29) is 0 Å². The maximum atomic E-state index is 10.3. The second-order valence-electron chi connectivity index (χ2n) is 4.68. The van der Waals surface area contributed by atoms with Crippen LogP contribution in [0.3, 0.4) is 0 Å². The van der Waals surface area contributed by atoms with Gasteiger partial charge in [-0.1, -0.05) is 12.1 Å². The molecule has 1 saturated heterocycles. The van der Waals surface area contributed by atoms with Crippen LogP contribution in [-0.2, 0) is 10.3 Å². The van der Waals surface area contributed by atoms with Crippen molar-refractivity contribution in [1.29, 1.82) is 0 Å². The zero-order valence-corrected chi connectivity index (χ0v) is 9.19. The molecule has 1 aliphatic heterocycles. The maximum Gasteiger partial charge on any atom is 0.119 e. The van der Waals surface area contributed by atoms with Crippen molar-refractivity contribution in [3.63, 3.8) is 0 Å². The average molecular weight is 220 g/mol. The van der Waals surface area contributed by atoms with E-state index in [4.69, 9.17) is 9.47 Å². The maximum absolute atomic E-state index is 10.3. The molecule has 16 heavy (non-hydrogen) atoms. The van der Waals surface area contributed by atoms with Gasteiger partial charge in [0.05, 0.1) is 12.7 Å². The molecule has 1 aliphatic carbocycles. The Kier molecular flexibility index (Phi) is 2.37. The van der Waals surface area contributed by atoms with Crippen molar-refractivity contribution in [3.8, 4) is 5.75 Å². The third-order valence-corrected chi connectivity index (χ3v) is 3.22. The van der Waals surface area contributed by atoms with Crippen LogP contribution in [0.4, 0.5) is 0 Å². The first kappa shape index (κ1) is 10.1. The van der Waals surface area contributed by atoms with Gasteiger partial charge < -0.3 is 14.6 Å². The van der Waals surface area contributed by atoms with Gasteiger partial charge in [0.1, 0.15) is 11.4 Å². The molecule has 1 atom stereocenters. The van der Waals surface area contributed by atoms with E-state index in [1.807, 2.05) is 24.3 Å². The summed E-state index contributed by atoms with van der Waals surface area (Å²) in [6.07, 6.45) is 3.43. The van der Waals surface area contributed by atoms with Gasteiger partial charge in [0, 0.05) is 13.0 Å². The van der Waals surface area contributed by atoms with Crippen LogP contribution < -0.4 is 4.74 Å². The van der Waals surface area contributed by atoms with Gasteiger partial charge in [-0.15, -0.1) is 0 Å². The van der Waals surface area contributed by atoms with Crippen molar-refractivity contribution in [2.24, 2.45) is 0 Å². The lowest BCUT2D eigenvalue weighted by atomic mass is 9.93.